The second-order valence-corrected chi connectivity index (χ2v) is 3.06. The monoisotopic (exact) mass is 221 g/mol. The third kappa shape index (κ3) is 2.76. The van der Waals surface area contributed by atoms with Crippen LogP contribution in [0.3, 0.4) is 0 Å². The van der Waals surface area contributed by atoms with E-state index in [0.29, 0.717) is 23.6 Å². The van der Waals surface area contributed by atoms with Gasteiger partial charge in [0.05, 0.1) is 19.8 Å². The van der Waals surface area contributed by atoms with E-state index in [2.05, 4.69) is 11.9 Å². The van der Waals surface area contributed by atoms with Gasteiger partial charge in [-0.25, -0.2) is 0 Å². The van der Waals surface area contributed by atoms with E-state index in [1.165, 1.54) is 7.11 Å². The predicted molar refractivity (Wildman–Crippen MR) is 62.1 cm³/mol. The normalized spacial score (nSPS) is 9.38. The van der Waals surface area contributed by atoms with E-state index in [-0.39, 0.29) is 5.91 Å². The second kappa shape index (κ2) is 5.80. The molecule has 16 heavy (non-hydrogen) atoms. The van der Waals surface area contributed by atoms with Crippen molar-refractivity contribution in [1.82, 2.24) is 5.32 Å². The van der Waals surface area contributed by atoms with E-state index in [0.717, 1.165) is 0 Å². The van der Waals surface area contributed by atoms with Gasteiger partial charge in [0.25, 0.3) is 5.91 Å². The summed E-state index contributed by atoms with van der Waals surface area (Å²) in [5.41, 5.74) is 0.448. The summed E-state index contributed by atoms with van der Waals surface area (Å²) in [6.45, 7) is 3.95. The zero-order valence-electron chi connectivity index (χ0n) is 9.45. The molecule has 0 radical (unpaired) electrons. The van der Waals surface area contributed by atoms with E-state index in [1.54, 1.807) is 31.4 Å². The fraction of sp³-hybridized carbons (Fsp3) is 0.250. The van der Waals surface area contributed by atoms with E-state index < -0.39 is 0 Å². The maximum Gasteiger partial charge on any atom is 0.255 e. The van der Waals surface area contributed by atoms with Crippen molar-refractivity contribution in [2.45, 2.75) is 0 Å². The molecule has 1 N–H and O–H groups in total. The topological polar surface area (TPSA) is 47.6 Å². The number of hydrogen-bond donors (Lipinski definition) is 1. The van der Waals surface area contributed by atoms with E-state index >= 15 is 0 Å². The van der Waals surface area contributed by atoms with Gasteiger partial charge in [-0.15, -0.1) is 6.58 Å². The van der Waals surface area contributed by atoms with Gasteiger partial charge >= 0.3 is 0 Å². The number of hydrogen-bond acceptors (Lipinski definition) is 3. The summed E-state index contributed by atoms with van der Waals surface area (Å²) in [7, 11) is 3.07. The Labute approximate surface area is 94.9 Å². The molecule has 1 amide bonds. The molecule has 86 valence electrons. The molecule has 0 heterocycles. The minimum atomic E-state index is -0.212. The minimum Gasteiger partial charge on any atom is -0.497 e. The molecule has 0 atom stereocenters. The first-order valence-electron chi connectivity index (χ1n) is 4.84. The minimum absolute atomic E-state index is 0.212. The van der Waals surface area contributed by atoms with Gasteiger partial charge < -0.3 is 14.8 Å². The Kier molecular flexibility index (Phi) is 4.39. The van der Waals surface area contributed by atoms with Crippen LogP contribution in [0.2, 0.25) is 0 Å². The molecular formula is C12H15NO3. The molecule has 4 heteroatoms. The van der Waals surface area contributed by atoms with Crippen molar-refractivity contribution in [2.75, 3.05) is 20.8 Å². The highest BCUT2D eigenvalue weighted by atomic mass is 16.5. The number of amides is 1. The molecule has 0 aliphatic heterocycles. The number of benzene rings is 1. The van der Waals surface area contributed by atoms with Gasteiger partial charge in [0.15, 0.2) is 0 Å². The van der Waals surface area contributed by atoms with Gasteiger partial charge in [0.1, 0.15) is 11.5 Å². The molecule has 1 aromatic carbocycles. The van der Waals surface area contributed by atoms with Crippen LogP contribution in [0.25, 0.3) is 0 Å². The number of methoxy groups -OCH3 is 2. The molecule has 1 rings (SSSR count). The molecule has 0 fully saturated rings. The van der Waals surface area contributed by atoms with Crippen LogP contribution in [0, 0.1) is 0 Å². The lowest BCUT2D eigenvalue weighted by molar-refractivity contribution is 0.0954. The van der Waals surface area contributed by atoms with Gasteiger partial charge in [-0.3, -0.25) is 4.79 Å². The molecule has 1 aromatic rings. The van der Waals surface area contributed by atoms with E-state index in [9.17, 15) is 4.79 Å². The highest BCUT2D eigenvalue weighted by molar-refractivity contribution is 5.97. The number of carbonyl (C=O) groups excluding carboxylic acids is 1. The molecule has 0 saturated carbocycles. The van der Waals surface area contributed by atoms with Gasteiger partial charge in [-0.2, -0.15) is 0 Å². The zero-order valence-corrected chi connectivity index (χ0v) is 9.45. The Morgan fingerprint density at radius 1 is 1.44 bits per heavy atom. The first kappa shape index (κ1) is 12.1. The Morgan fingerprint density at radius 2 is 2.19 bits per heavy atom. The molecule has 0 spiro atoms. The van der Waals surface area contributed by atoms with Crippen molar-refractivity contribution < 1.29 is 14.3 Å². The van der Waals surface area contributed by atoms with Crippen molar-refractivity contribution in [3.8, 4) is 11.5 Å². The average molecular weight is 221 g/mol. The average Bonchev–Trinajstić information content (AvgIpc) is 2.35. The highest BCUT2D eigenvalue weighted by Crippen LogP contribution is 2.23. The molecule has 0 aromatic heterocycles. The summed E-state index contributed by atoms with van der Waals surface area (Å²) in [5.74, 6) is 0.919. The first-order chi connectivity index (χ1) is 7.72. The van der Waals surface area contributed by atoms with Crippen LogP contribution in [0.5, 0.6) is 11.5 Å². The van der Waals surface area contributed by atoms with Crippen molar-refractivity contribution in [3.05, 3.63) is 36.4 Å². The summed E-state index contributed by atoms with van der Waals surface area (Å²) in [4.78, 5) is 11.8. The molecular weight excluding hydrogens is 206 g/mol. The predicted octanol–water partition coefficient (Wildman–Crippen LogP) is 1.62. The molecule has 0 unspecified atom stereocenters. The lowest BCUT2D eigenvalue weighted by atomic mass is 10.1. The third-order valence-electron chi connectivity index (χ3n) is 2.06. The molecule has 0 saturated heterocycles. The third-order valence-corrected chi connectivity index (χ3v) is 2.06. The fourth-order valence-electron chi connectivity index (χ4n) is 1.25. The molecule has 4 nitrogen and oxygen atoms in total. The number of rotatable bonds is 5. The van der Waals surface area contributed by atoms with Crippen LogP contribution in [-0.2, 0) is 0 Å². The number of carbonyl (C=O) groups is 1. The lowest BCUT2D eigenvalue weighted by Crippen LogP contribution is -2.23. The van der Waals surface area contributed by atoms with Gasteiger partial charge in [-0.1, -0.05) is 6.08 Å². The maximum absolute atomic E-state index is 11.8. The largest absolute Gasteiger partial charge is 0.497 e. The van der Waals surface area contributed by atoms with E-state index in [4.69, 9.17) is 9.47 Å². The first-order valence-corrected chi connectivity index (χ1v) is 4.84. The van der Waals surface area contributed by atoms with E-state index in [1.807, 2.05) is 0 Å². The number of nitrogens with one attached hydrogen (secondary N) is 1. The smallest absolute Gasteiger partial charge is 0.255 e. The zero-order chi connectivity index (χ0) is 12.0. The van der Waals surface area contributed by atoms with Gasteiger partial charge in [-0.05, 0) is 18.2 Å². The lowest BCUT2D eigenvalue weighted by Gasteiger charge is -2.09. The quantitative estimate of drug-likeness (QED) is 0.768. The fourth-order valence-corrected chi connectivity index (χ4v) is 1.25. The highest BCUT2D eigenvalue weighted by Gasteiger charge is 2.12. The summed E-state index contributed by atoms with van der Waals surface area (Å²) in [6.07, 6.45) is 1.62. The summed E-state index contributed by atoms with van der Waals surface area (Å²) in [5, 5.41) is 2.68. The Morgan fingerprint density at radius 3 is 2.75 bits per heavy atom. The van der Waals surface area contributed by atoms with Crippen LogP contribution in [0.4, 0.5) is 0 Å². The van der Waals surface area contributed by atoms with Crippen molar-refractivity contribution in [2.24, 2.45) is 0 Å². The Hall–Kier alpha value is -1.97. The van der Waals surface area contributed by atoms with Crippen LogP contribution in [-0.4, -0.2) is 26.7 Å². The van der Waals surface area contributed by atoms with Gasteiger partial charge in [0, 0.05) is 6.54 Å². The van der Waals surface area contributed by atoms with Crippen molar-refractivity contribution in [1.29, 1.82) is 0 Å². The van der Waals surface area contributed by atoms with Crippen LogP contribution in [0.1, 0.15) is 10.4 Å². The van der Waals surface area contributed by atoms with Crippen LogP contribution < -0.4 is 14.8 Å². The Bertz CT molecular complexity index is 388. The standard InChI is InChI=1S/C12H15NO3/c1-4-7-13-12(14)10-8-9(15-2)5-6-11(10)16-3/h4-6,8H,1,7H2,2-3H3,(H,13,14). The van der Waals surface area contributed by atoms with Gasteiger partial charge in [0.2, 0.25) is 0 Å². The van der Waals surface area contributed by atoms with Crippen LogP contribution in [0.15, 0.2) is 30.9 Å². The molecule has 0 aliphatic rings. The Balaban J connectivity index is 2.98. The number of ether oxygens (including phenoxy) is 2. The van der Waals surface area contributed by atoms with Crippen molar-refractivity contribution >= 4 is 5.91 Å². The summed E-state index contributed by atoms with van der Waals surface area (Å²) < 4.78 is 10.2. The summed E-state index contributed by atoms with van der Waals surface area (Å²) in [6, 6.07) is 5.07. The van der Waals surface area contributed by atoms with Crippen LogP contribution >= 0.6 is 0 Å². The van der Waals surface area contributed by atoms with Crippen molar-refractivity contribution in [3.63, 3.8) is 0 Å². The summed E-state index contributed by atoms with van der Waals surface area (Å²) >= 11 is 0. The molecule has 0 aliphatic carbocycles. The second-order valence-electron chi connectivity index (χ2n) is 3.06. The SMILES string of the molecule is C=CCNC(=O)c1cc(OC)ccc1OC. The maximum atomic E-state index is 11.8. The molecule has 0 bridgehead atoms.